The van der Waals surface area contributed by atoms with Crippen molar-refractivity contribution in [3.63, 3.8) is 0 Å². The third-order valence-electron chi connectivity index (χ3n) is 4.65. The van der Waals surface area contributed by atoms with Crippen molar-refractivity contribution >= 4 is 17.6 Å². The smallest absolute Gasteiger partial charge is 0.256 e. The van der Waals surface area contributed by atoms with Crippen LogP contribution in [0.5, 0.6) is 0 Å². The van der Waals surface area contributed by atoms with Crippen molar-refractivity contribution in [2.45, 2.75) is 45.7 Å². The zero-order chi connectivity index (χ0) is 17.8. The van der Waals surface area contributed by atoms with Gasteiger partial charge in [0.1, 0.15) is 5.82 Å². The number of anilines is 1. The predicted octanol–water partition coefficient (Wildman–Crippen LogP) is 3.23. The van der Waals surface area contributed by atoms with E-state index in [9.17, 15) is 9.59 Å². The molecular weight excluding hydrogens is 316 g/mol. The lowest BCUT2D eigenvalue weighted by Crippen LogP contribution is -2.24. The van der Waals surface area contributed by atoms with Crippen LogP contribution in [0.15, 0.2) is 36.5 Å². The molecule has 6 nitrogen and oxygen atoms in total. The Morgan fingerprint density at radius 3 is 2.92 bits per heavy atom. The van der Waals surface area contributed by atoms with Crippen LogP contribution in [0.25, 0.3) is 0 Å². The van der Waals surface area contributed by atoms with E-state index >= 15 is 0 Å². The Kier molecular flexibility index (Phi) is 5.16. The Labute approximate surface area is 147 Å². The Morgan fingerprint density at radius 2 is 2.20 bits per heavy atom. The summed E-state index contributed by atoms with van der Waals surface area (Å²) in [5.41, 5.74) is 1.55. The first kappa shape index (κ1) is 17.2. The number of nitrogens with zero attached hydrogens (tertiary/aromatic N) is 3. The van der Waals surface area contributed by atoms with Crippen molar-refractivity contribution < 1.29 is 9.59 Å². The largest absolute Gasteiger partial charge is 0.338 e. The summed E-state index contributed by atoms with van der Waals surface area (Å²) >= 11 is 0. The number of rotatable bonds is 6. The van der Waals surface area contributed by atoms with Crippen LogP contribution in [-0.4, -0.2) is 33.0 Å². The highest BCUT2D eigenvalue weighted by atomic mass is 16.2. The molecule has 1 N–H and O–H groups in total. The van der Waals surface area contributed by atoms with E-state index in [4.69, 9.17) is 0 Å². The number of aromatic nitrogens is 2. The van der Waals surface area contributed by atoms with Crippen LogP contribution in [0.1, 0.15) is 55.1 Å². The Morgan fingerprint density at radius 1 is 1.36 bits per heavy atom. The van der Waals surface area contributed by atoms with E-state index < -0.39 is 0 Å². The number of hydrogen-bond acceptors (Lipinski definition) is 3. The van der Waals surface area contributed by atoms with E-state index in [-0.39, 0.29) is 17.9 Å². The fourth-order valence-corrected chi connectivity index (χ4v) is 3.03. The molecule has 2 amide bonds. The Balaban J connectivity index is 1.71. The molecule has 1 unspecified atom stereocenters. The first-order valence-electron chi connectivity index (χ1n) is 8.80. The second-order valence-corrected chi connectivity index (χ2v) is 6.49. The molecule has 25 heavy (non-hydrogen) atoms. The average Bonchev–Trinajstić information content (AvgIpc) is 3.24. The van der Waals surface area contributed by atoms with Gasteiger partial charge >= 0.3 is 0 Å². The molecule has 1 aromatic carbocycles. The van der Waals surface area contributed by atoms with Gasteiger partial charge in [-0.15, -0.1) is 0 Å². The van der Waals surface area contributed by atoms with Gasteiger partial charge in [0.2, 0.25) is 5.91 Å². The van der Waals surface area contributed by atoms with E-state index in [1.165, 1.54) is 0 Å². The summed E-state index contributed by atoms with van der Waals surface area (Å²) in [6.45, 7) is 5.51. The summed E-state index contributed by atoms with van der Waals surface area (Å²) in [6.07, 6.45) is 4.17. The summed E-state index contributed by atoms with van der Waals surface area (Å²) < 4.78 is 1.82. The zero-order valence-electron chi connectivity index (χ0n) is 14.7. The first-order chi connectivity index (χ1) is 12.1. The van der Waals surface area contributed by atoms with Crippen molar-refractivity contribution in [2.24, 2.45) is 0 Å². The molecule has 1 aliphatic rings. The quantitative estimate of drug-likeness (QED) is 0.878. The summed E-state index contributed by atoms with van der Waals surface area (Å²) in [5, 5.41) is 7.22. The fourth-order valence-electron chi connectivity index (χ4n) is 3.03. The van der Waals surface area contributed by atoms with E-state index in [0.29, 0.717) is 24.3 Å². The third kappa shape index (κ3) is 3.90. The van der Waals surface area contributed by atoms with Gasteiger partial charge in [-0.1, -0.05) is 19.1 Å². The van der Waals surface area contributed by atoms with Crippen LogP contribution in [0, 0.1) is 0 Å². The SMILES string of the molecule is CCC(C)n1nccc1NC(=O)c1cccc(CN2CCCC2=O)c1. The lowest BCUT2D eigenvalue weighted by molar-refractivity contribution is -0.128. The number of nitrogens with one attached hydrogen (secondary N) is 1. The van der Waals surface area contributed by atoms with Crippen molar-refractivity contribution in [3.8, 4) is 0 Å². The second kappa shape index (κ2) is 7.51. The standard InChI is InChI=1S/C19H24N4O2/c1-3-14(2)23-17(9-10-20-23)21-19(25)16-7-4-6-15(12-16)13-22-11-5-8-18(22)24/h4,6-7,9-10,12,14H,3,5,8,11,13H2,1-2H3,(H,21,25). The van der Waals surface area contributed by atoms with Gasteiger partial charge in [-0.2, -0.15) is 5.10 Å². The molecule has 0 radical (unpaired) electrons. The van der Waals surface area contributed by atoms with Crippen molar-refractivity contribution in [1.82, 2.24) is 14.7 Å². The molecule has 1 atom stereocenters. The minimum Gasteiger partial charge on any atom is -0.338 e. The number of carbonyl (C=O) groups is 2. The number of benzene rings is 1. The van der Waals surface area contributed by atoms with Crippen LogP contribution < -0.4 is 5.32 Å². The zero-order valence-corrected chi connectivity index (χ0v) is 14.7. The maximum atomic E-state index is 12.6. The summed E-state index contributed by atoms with van der Waals surface area (Å²) in [5.74, 6) is 0.714. The van der Waals surface area contributed by atoms with E-state index in [2.05, 4.69) is 24.3 Å². The molecule has 1 saturated heterocycles. The van der Waals surface area contributed by atoms with Crippen molar-refractivity contribution in [1.29, 1.82) is 0 Å². The molecule has 0 spiro atoms. The van der Waals surface area contributed by atoms with Gasteiger partial charge in [-0.3, -0.25) is 9.59 Å². The molecule has 3 rings (SSSR count). The topological polar surface area (TPSA) is 67.2 Å². The number of hydrogen-bond donors (Lipinski definition) is 1. The molecule has 1 fully saturated rings. The third-order valence-corrected chi connectivity index (χ3v) is 4.65. The molecule has 0 saturated carbocycles. The van der Waals surface area contributed by atoms with Crippen LogP contribution in [0.4, 0.5) is 5.82 Å². The highest BCUT2D eigenvalue weighted by molar-refractivity contribution is 6.03. The van der Waals surface area contributed by atoms with Crippen molar-refractivity contribution in [3.05, 3.63) is 47.7 Å². The number of amides is 2. The predicted molar refractivity (Wildman–Crippen MR) is 96.3 cm³/mol. The minimum absolute atomic E-state index is 0.167. The fraction of sp³-hybridized carbons (Fsp3) is 0.421. The first-order valence-corrected chi connectivity index (χ1v) is 8.80. The van der Waals surface area contributed by atoms with Crippen molar-refractivity contribution in [2.75, 3.05) is 11.9 Å². The van der Waals surface area contributed by atoms with Crippen LogP contribution in [-0.2, 0) is 11.3 Å². The molecular formula is C19H24N4O2. The average molecular weight is 340 g/mol. The Bertz CT molecular complexity index is 768. The maximum absolute atomic E-state index is 12.6. The number of carbonyl (C=O) groups excluding carboxylic acids is 2. The lowest BCUT2D eigenvalue weighted by atomic mass is 10.1. The lowest BCUT2D eigenvalue weighted by Gasteiger charge is -2.16. The molecule has 1 aliphatic heterocycles. The summed E-state index contributed by atoms with van der Waals surface area (Å²) in [4.78, 5) is 26.2. The second-order valence-electron chi connectivity index (χ2n) is 6.49. The Hall–Kier alpha value is -2.63. The molecule has 1 aromatic heterocycles. The van der Waals surface area contributed by atoms with Gasteiger partial charge in [0.25, 0.3) is 5.91 Å². The van der Waals surface area contributed by atoms with Crippen LogP contribution in [0.2, 0.25) is 0 Å². The highest BCUT2D eigenvalue weighted by Gasteiger charge is 2.20. The minimum atomic E-state index is -0.167. The maximum Gasteiger partial charge on any atom is 0.256 e. The van der Waals surface area contributed by atoms with Gasteiger partial charge in [0.15, 0.2) is 0 Å². The monoisotopic (exact) mass is 340 g/mol. The molecule has 0 aliphatic carbocycles. The molecule has 6 heteroatoms. The molecule has 2 heterocycles. The van der Waals surface area contributed by atoms with E-state index in [1.54, 1.807) is 18.3 Å². The van der Waals surface area contributed by atoms with Gasteiger partial charge in [0.05, 0.1) is 12.2 Å². The molecule has 2 aromatic rings. The number of likely N-dealkylation sites (tertiary alicyclic amines) is 1. The summed E-state index contributed by atoms with van der Waals surface area (Å²) in [7, 11) is 0. The van der Waals surface area contributed by atoms with Gasteiger partial charge in [-0.25, -0.2) is 4.68 Å². The molecule has 0 bridgehead atoms. The van der Waals surface area contributed by atoms with E-state index in [1.807, 2.05) is 27.8 Å². The normalized spacial score (nSPS) is 15.4. The van der Waals surface area contributed by atoms with Crippen LogP contribution >= 0.6 is 0 Å². The highest BCUT2D eigenvalue weighted by Crippen LogP contribution is 2.19. The molecule has 132 valence electrons. The van der Waals surface area contributed by atoms with Crippen LogP contribution in [0.3, 0.4) is 0 Å². The summed E-state index contributed by atoms with van der Waals surface area (Å²) in [6, 6.07) is 9.47. The van der Waals surface area contributed by atoms with Gasteiger partial charge < -0.3 is 10.2 Å². The van der Waals surface area contributed by atoms with Gasteiger partial charge in [0, 0.05) is 31.1 Å². The van der Waals surface area contributed by atoms with Gasteiger partial charge in [-0.05, 0) is 37.5 Å². The van der Waals surface area contributed by atoms with E-state index in [0.717, 1.165) is 24.9 Å².